The molecule has 1 amide bonds. The van der Waals surface area contributed by atoms with E-state index in [9.17, 15) is 9.59 Å². The maximum absolute atomic E-state index is 12.0. The molecule has 118 valence electrons. The molecule has 2 rings (SSSR count). The number of carbonyl (C=O) groups excluding carboxylic acids is 2. The van der Waals surface area contributed by atoms with Crippen LogP contribution < -0.4 is 5.32 Å². The number of H-pyrrole nitrogens is 1. The average Bonchev–Trinajstić information content (AvgIpc) is 3.13. The fraction of sp³-hybridized carbons (Fsp3) is 0.333. The van der Waals surface area contributed by atoms with Crippen molar-refractivity contribution < 1.29 is 14.3 Å². The topological polar surface area (TPSA) is 71.2 Å². The summed E-state index contributed by atoms with van der Waals surface area (Å²) < 4.78 is 5.75. The third-order valence-electron chi connectivity index (χ3n) is 3.03. The Morgan fingerprint density at radius 2 is 2.23 bits per heavy atom. The molecule has 0 aliphatic carbocycles. The van der Waals surface area contributed by atoms with Crippen molar-refractivity contribution in [3.63, 3.8) is 0 Å². The summed E-state index contributed by atoms with van der Waals surface area (Å²) in [6.45, 7) is 3.77. The number of carbonyl (C=O) groups is 2. The minimum atomic E-state index is -0.557. The average molecular weight is 385 g/mol. The van der Waals surface area contributed by atoms with Crippen molar-refractivity contribution in [1.82, 2.24) is 10.3 Å². The third-order valence-corrected chi connectivity index (χ3v) is 4.45. The predicted octanol–water partition coefficient (Wildman–Crippen LogP) is 3.51. The van der Waals surface area contributed by atoms with Crippen molar-refractivity contribution in [2.75, 3.05) is 6.61 Å². The van der Waals surface area contributed by atoms with Gasteiger partial charge in [0.2, 0.25) is 0 Å². The standard InChI is InChI=1S/C15H17BrN2O3S/c1-9(2)14(12-4-3-5-22-12)18-13(19)8-21-15(20)11-6-10(16)7-17-11/h3-7,9,14,17H,8H2,1-2H3,(H,18,19). The number of nitrogens with one attached hydrogen (secondary N) is 2. The van der Waals surface area contributed by atoms with Gasteiger partial charge in [0.1, 0.15) is 5.69 Å². The zero-order valence-electron chi connectivity index (χ0n) is 12.3. The molecular weight excluding hydrogens is 368 g/mol. The first-order valence-corrected chi connectivity index (χ1v) is 8.48. The Morgan fingerprint density at radius 3 is 2.77 bits per heavy atom. The van der Waals surface area contributed by atoms with Gasteiger partial charge in [0.25, 0.3) is 5.91 Å². The monoisotopic (exact) mass is 384 g/mol. The van der Waals surface area contributed by atoms with E-state index in [1.165, 1.54) is 0 Å². The number of aromatic amines is 1. The first-order valence-electron chi connectivity index (χ1n) is 6.81. The molecule has 0 aliphatic rings. The SMILES string of the molecule is CC(C)C(NC(=O)COC(=O)c1cc(Br)c[nH]1)c1cccs1. The van der Waals surface area contributed by atoms with E-state index in [1.54, 1.807) is 23.6 Å². The van der Waals surface area contributed by atoms with E-state index in [1.807, 2.05) is 31.4 Å². The highest BCUT2D eigenvalue weighted by Crippen LogP contribution is 2.25. The molecule has 0 spiro atoms. The minimum absolute atomic E-state index is 0.0779. The molecule has 5 nitrogen and oxygen atoms in total. The second-order valence-corrected chi connectivity index (χ2v) is 7.01. The number of thiophene rings is 1. The van der Waals surface area contributed by atoms with Crippen molar-refractivity contribution in [1.29, 1.82) is 0 Å². The van der Waals surface area contributed by atoms with Crippen molar-refractivity contribution >= 4 is 39.1 Å². The lowest BCUT2D eigenvalue weighted by Gasteiger charge is -2.21. The number of rotatable bonds is 6. The molecule has 1 unspecified atom stereocenters. The Hall–Kier alpha value is -1.60. The molecule has 0 radical (unpaired) electrons. The molecule has 0 fully saturated rings. The van der Waals surface area contributed by atoms with Gasteiger partial charge in [-0.05, 0) is 39.4 Å². The molecule has 2 N–H and O–H groups in total. The second-order valence-electron chi connectivity index (χ2n) is 5.11. The van der Waals surface area contributed by atoms with Gasteiger partial charge < -0.3 is 15.0 Å². The van der Waals surface area contributed by atoms with Crippen molar-refractivity contribution in [2.24, 2.45) is 5.92 Å². The van der Waals surface area contributed by atoms with Gasteiger partial charge >= 0.3 is 5.97 Å². The molecule has 0 bridgehead atoms. The van der Waals surface area contributed by atoms with E-state index in [-0.39, 0.29) is 24.5 Å². The summed E-state index contributed by atoms with van der Waals surface area (Å²) in [5.74, 6) is -0.623. The molecule has 0 saturated carbocycles. The number of aromatic nitrogens is 1. The summed E-state index contributed by atoms with van der Waals surface area (Å²) in [5.41, 5.74) is 0.304. The van der Waals surface area contributed by atoms with E-state index >= 15 is 0 Å². The fourth-order valence-corrected chi connectivity index (χ4v) is 3.24. The maximum Gasteiger partial charge on any atom is 0.355 e. The van der Waals surface area contributed by atoms with Crippen LogP contribution in [0.4, 0.5) is 0 Å². The van der Waals surface area contributed by atoms with Crippen LogP contribution in [0.1, 0.15) is 35.3 Å². The lowest BCUT2D eigenvalue weighted by Crippen LogP contribution is -2.34. The van der Waals surface area contributed by atoms with Crippen LogP contribution in [0.15, 0.2) is 34.2 Å². The highest BCUT2D eigenvalue weighted by molar-refractivity contribution is 9.10. The summed E-state index contributed by atoms with van der Waals surface area (Å²) in [6, 6.07) is 5.46. The van der Waals surface area contributed by atoms with Gasteiger partial charge in [-0.2, -0.15) is 0 Å². The minimum Gasteiger partial charge on any atom is -0.451 e. The molecule has 7 heteroatoms. The summed E-state index contributed by atoms with van der Waals surface area (Å²) >= 11 is 4.83. The Morgan fingerprint density at radius 1 is 1.45 bits per heavy atom. The number of hydrogen-bond acceptors (Lipinski definition) is 4. The Labute approximate surface area is 141 Å². The van der Waals surface area contributed by atoms with Crippen LogP contribution in [-0.2, 0) is 9.53 Å². The zero-order valence-corrected chi connectivity index (χ0v) is 14.7. The number of hydrogen-bond donors (Lipinski definition) is 2. The van der Waals surface area contributed by atoms with Crippen LogP contribution >= 0.6 is 27.3 Å². The number of ether oxygens (including phenoxy) is 1. The molecule has 2 aromatic heterocycles. The second kappa shape index (κ2) is 7.60. The molecule has 22 heavy (non-hydrogen) atoms. The van der Waals surface area contributed by atoms with Gasteiger partial charge in [-0.3, -0.25) is 4.79 Å². The van der Waals surface area contributed by atoms with E-state index in [0.717, 1.165) is 9.35 Å². The molecule has 0 aliphatic heterocycles. The zero-order chi connectivity index (χ0) is 16.1. The maximum atomic E-state index is 12.0. The van der Waals surface area contributed by atoms with Crippen LogP contribution in [0.3, 0.4) is 0 Å². The smallest absolute Gasteiger partial charge is 0.355 e. The summed E-state index contributed by atoms with van der Waals surface area (Å²) in [5, 5.41) is 4.88. The largest absolute Gasteiger partial charge is 0.451 e. The van der Waals surface area contributed by atoms with Gasteiger partial charge in [0, 0.05) is 15.5 Å². The van der Waals surface area contributed by atoms with Crippen molar-refractivity contribution in [3.05, 3.63) is 44.8 Å². The van der Waals surface area contributed by atoms with Gasteiger partial charge in [0.15, 0.2) is 6.61 Å². The molecule has 1 atom stereocenters. The fourth-order valence-electron chi connectivity index (χ4n) is 1.94. The highest BCUT2D eigenvalue weighted by Gasteiger charge is 2.20. The Kier molecular flexibility index (Phi) is 5.79. The lowest BCUT2D eigenvalue weighted by molar-refractivity contribution is -0.125. The first kappa shape index (κ1) is 16.8. The summed E-state index contributed by atoms with van der Waals surface area (Å²) in [7, 11) is 0. The molecule has 2 heterocycles. The quantitative estimate of drug-likeness (QED) is 0.748. The normalized spacial score (nSPS) is 12.2. The van der Waals surface area contributed by atoms with Crippen molar-refractivity contribution in [2.45, 2.75) is 19.9 Å². The first-order chi connectivity index (χ1) is 10.5. The van der Waals surface area contributed by atoms with Crippen LogP contribution in [0.2, 0.25) is 0 Å². The third kappa shape index (κ3) is 4.45. The lowest BCUT2D eigenvalue weighted by atomic mass is 10.0. The molecule has 0 aromatic carbocycles. The van der Waals surface area contributed by atoms with Gasteiger partial charge in [0.05, 0.1) is 6.04 Å². The van der Waals surface area contributed by atoms with E-state index in [4.69, 9.17) is 4.74 Å². The summed E-state index contributed by atoms with van der Waals surface area (Å²) in [6.07, 6.45) is 1.63. The van der Waals surface area contributed by atoms with Crippen LogP contribution in [0, 0.1) is 5.92 Å². The van der Waals surface area contributed by atoms with Crippen molar-refractivity contribution in [3.8, 4) is 0 Å². The van der Waals surface area contributed by atoms with Crippen LogP contribution in [0.25, 0.3) is 0 Å². The Balaban J connectivity index is 1.88. The van der Waals surface area contributed by atoms with E-state index < -0.39 is 5.97 Å². The molecule has 2 aromatic rings. The van der Waals surface area contributed by atoms with Crippen LogP contribution in [0.5, 0.6) is 0 Å². The number of halogens is 1. The highest BCUT2D eigenvalue weighted by atomic mass is 79.9. The number of esters is 1. The molecular formula is C15H17BrN2O3S. The number of amides is 1. The van der Waals surface area contributed by atoms with E-state index in [2.05, 4.69) is 26.2 Å². The molecule has 0 saturated heterocycles. The van der Waals surface area contributed by atoms with Gasteiger partial charge in [-0.1, -0.05) is 19.9 Å². The predicted molar refractivity (Wildman–Crippen MR) is 88.8 cm³/mol. The van der Waals surface area contributed by atoms with Gasteiger partial charge in [-0.15, -0.1) is 11.3 Å². The summed E-state index contributed by atoms with van der Waals surface area (Å²) in [4.78, 5) is 27.6. The van der Waals surface area contributed by atoms with E-state index in [0.29, 0.717) is 5.69 Å². The van der Waals surface area contributed by atoms with Crippen LogP contribution in [-0.4, -0.2) is 23.5 Å². The Bertz CT molecular complexity index is 637. The van der Waals surface area contributed by atoms with Gasteiger partial charge in [-0.25, -0.2) is 4.79 Å².